The number of fused-ring (bicyclic) bond motifs is 16. The van der Waals surface area contributed by atoms with Crippen molar-refractivity contribution in [1.82, 2.24) is 18.8 Å². The molecule has 0 saturated carbocycles. The van der Waals surface area contributed by atoms with Gasteiger partial charge < -0.3 is 13.5 Å². The number of aryl methyl sites for hydroxylation is 4. The summed E-state index contributed by atoms with van der Waals surface area (Å²) >= 11 is 0. The Kier molecular flexibility index (Phi) is 8.22. The van der Waals surface area contributed by atoms with E-state index in [2.05, 4.69) is 176 Å². The van der Waals surface area contributed by atoms with Crippen LogP contribution in [0.5, 0.6) is 11.5 Å². The van der Waals surface area contributed by atoms with E-state index in [1.165, 1.54) is 44.5 Å². The van der Waals surface area contributed by atoms with Crippen LogP contribution < -0.4 is 4.74 Å². The first-order chi connectivity index (χ1) is 28.9. The molecule has 4 aromatic heterocycles. The quantitative estimate of drug-likeness (QED) is 0.101. The van der Waals surface area contributed by atoms with Crippen LogP contribution in [0.2, 0.25) is 0 Å². The molecule has 12 aromatic rings. The molecule has 0 unspecified atom stereocenters. The summed E-state index contributed by atoms with van der Waals surface area (Å²) in [5.41, 5.74) is 17.8. The smallest absolute Gasteiger partial charge is 0.497 e. The van der Waals surface area contributed by atoms with Crippen LogP contribution >= 0.6 is 0 Å². The Balaban J connectivity index is 0.00000408. The number of hydrogen-bond acceptors (Lipinski definition) is 3. The average molecular weight is 863 g/mol. The van der Waals surface area contributed by atoms with E-state index in [1.807, 2.05) is 18.2 Å². The third-order valence-electron chi connectivity index (χ3n) is 12.2. The minimum atomic E-state index is 0. The average Bonchev–Trinajstić information content (AvgIpc) is 3.84. The molecule has 0 aliphatic heterocycles. The molecule has 0 saturated heterocycles. The van der Waals surface area contributed by atoms with Gasteiger partial charge in [-0.05, 0) is 108 Å². The molecular formula is C54H36N4OPd. The van der Waals surface area contributed by atoms with Gasteiger partial charge in [-0.15, -0.1) is 12.1 Å². The van der Waals surface area contributed by atoms with Gasteiger partial charge in [-0.3, -0.25) is 9.97 Å². The number of rotatable bonds is 4. The first kappa shape index (κ1) is 36.3. The normalized spacial score (nSPS) is 11.9. The fraction of sp³-hybridized carbons (Fsp3) is 0.0741. The molecule has 4 heterocycles. The van der Waals surface area contributed by atoms with E-state index >= 15 is 0 Å². The van der Waals surface area contributed by atoms with Crippen LogP contribution in [-0.2, 0) is 20.4 Å². The van der Waals surface area contributed by atoms with Crippen LogP contribution in [0.4, 0.5) is 0 Å². The predicted octanol–water partition coefficient (Wildman–Crippen LogP) is 13.9. The van der Waals surface area contributed by atoms with Crippen LogP contribution in [0.3, 0.4) is 0 Å². The van der Waals surface area contributed by atoms with Gasteiger partial charge in [0.2, 0.25) is 0 Å². The van der Waals surface area contributed by atoms with E-state index in [0.717, 1.165) is 76.7 Å². The molecule has 8 aromatic carbocycles. The zero-order valence-corrected chi connectivity index (χ0v) is 34.9. The maximum atomic E-state index is 6.71. The molecule has 12 rings (SSSR count). The van der Waals surface area contributed by atoms with Gasteiger partial charge in [0.05, 0.1) is 33.4 Å². The molecule has 0 radical (unpaired) electrons. The minimum absolute atomic E-state index is 0. The molecule has 60 heavy (non-hydrogen) atoms. The summed E-state index contributed by atoms with van der Waals surface area (Å²) in [6.07, 6.45) is 0. The van der Waals surface area contributed by atoms with E-state index in [1.54, 1.807) is 0 Å². The van der Waals surface area contributed by atoms with E-state index in [-0.39, 0.29) is 20.4 Å². The Morgan fingerprint density at radius 3 is 1.52 bits per heavy atom. The molecule has 0 amide bonds. The van der Waals surface area contributed by atoms with Gasteiger partial charge in [-0.25, -0.2) is 0 Å². The summed E-state index contributed by atoms with van der Waals surface area (Å²) in [6, 6.07) is 58.7. The van der Waals surface area contributed by atoms with Gasteiger partial charge in [0.25, 0.3) is 0 Å². The van der Waals surface area contributed by atoms with Crippen molar-refractivity contribution in [3.63, 3.8) is 0 Å². The zero-order chi connectivity index (χ0) is 39.5. The summed E-state index contributed by atoms with van der Waals surface area (Å²) in [5, 5.41) is 6.21. The molecule has 0 spiro atoms. The molecule has 6 heteroatoms. The van der Waals surface area contributed by atoms with Crippen LogP contribution in [0.15, 0.2) is 146 Å². The van der Waals surface area contributed by atoms with Crippen molar-refractivity contribution in [2.24, 2.45) is 0 Å². The fourth-order valence-electron chi connectivity index (χ4n) is 9.69. The molecular weight excluding hydrogens is 827 g/mol. The number of nitrogens with zero attached hydrogens (tertiary/aromatic N) is 4. The van der Waals surface area contributed by atoms with Crippen molar-refractivity contribution in [1.29, 1.82) is 0 Å². The van der Waals surface area contributed by atoms with Crippen LogP contribution in [0, 0.1) is 39.8 Å². The van der Waals surface area contributed by atoms with Crippen molar-refractivity contribution >= 4 is 76.7 Å². The Hall–Kier alpha value is -6.84. The number of para-hydroxylation sites is 5. The maximum absolute atomic E-state index is 6.71. The summed E-state index contributed by atoms with van der Waals surface area (Å²) in [7, 11) is 0. The molecule has 0 fully saturated rings. The monoisotopic (exact) mass is 862 g/mol. The second-order valence-electron chi connectivity index (χ2n) is 15.8. The summed E-state index contributed by atoms with van der Waals surface area (Å²) < 4.78 is 11.3. The van der Waals surface area contributed by atoms with E-state index in [9.17, 15) is 0 Å². The molecule has 5 nitrogen and oxygen atoms in total. The Morgan fingerprint density at radius 1 is 0.417 bits per heavy atom. The number of aromatic nitrogens is 4. The number of pyridine rings is 2. The van der Waals surface area contributed by atoms with Gasteiger partial charge in [0.1, 0.15) is 0 Å². The van der Waals surface area contributed by atoms with Gasteiger partial charge >= 0.3 is 20.4 Å². The second-order valence-corrected chi connectivity index (χ2v) is 15.8. The summed E-state index contributed by atoms with van der Waals surface area (Å²) in [6.45, 7) is 8.89. The Bertz CT molecular complexity index is 3720. The summed E-state index contributed by atoms with van der Waals surface area (Å²) in [4.78, 5) is 10.4. The first-order valence-electron chi connectivity index (χ1n) is 20.1. The predicted molar refractivity (Wildman–Crippen MR) is 243 cm³/mol. The van der Waals surface area contributed by atoms with Crippen molar-refractivity contribution in [2.45, 2.75) is 27.7 Å². The van der Waals surface area contributed by atoms with Crippen LogP contribution in [-0.4, -0.2) is 18.8 Å². The molecule has 288 valence electrons. The van der Waals surface area contributed by atoms with Crippen molar-refractivity contribution < 1.29 is 25.2 Å². The molecule has 0 bridgehead atoms. The Morgan fingerprint density at radius 2 is 0.900 bits per heavy atom. The van der Waals surface area contributed by atoms with E-state index in [4.69, 9.17) is 14.7 Å². The number of ether oxygens (including phenoxy) is 1. The van der Waals surface area contributed by atoms with Crippen molar-refractivity contribution in [3.8, 4) is 33.8 Å². The largest absolute Gasteiger partial charge is 2.00 e. The standard InChI is InChI=1S/C54H36N4O.Pd/c1-31-13-11-14-32(2)49(31)41-28-27-40-38-26-24-36(30-43(38)54-56-45-19-7-10-22-48(45)58(54)52(40)51(41)50-33(3)15-12-16-34(50)4)59-35-23-25-37-39-17-5-8-20-46(39)57-47-21-9-6-18-44(47)55-53(57)42(37)29-35;/h5-28H,1-4H3;/q-2;+2. The van der Waals surface area contributed by atoms with Crippen molar-refractivity contribution in [2.75, 3.05) is 0 Å². The maximum Gasteiger partial charge on any atom is 2.00 e. The van der Waals surface area contributed by atoms with Gasteiger partial charge in [0, 0.05) is 28.1 Å². The SMILES string of the molecule is Cc1cccc(C)c1-c1ccc2c3ccc(Oc4[c-]c5c(cc4)c4ccccc4n4c6ccccc6nc54)[c-]c3c3nc4ccccc4n3c2c1-c1c(C)cccc1C.[Pd+2]. The molecule has 0 atom stereocenters. The van der Waals surface area contributed by atoms with Crippen LogP contribution in [0.1, 0.15) is 22.3 Å². The van der Waals surface area contributed by atoms with E-state index in [0.29, 0.717) is 11.5 Å². The topological polar surface area (TPSA) is 43.8 Å². The number of benzene rings is 8. The molecule has 0 aliphatic rings. The van der Waals surface area contributed by atoms with Gasteiger partial charge in [-0.1, -0.05) is 137 Å². The minimum Gasteiger partial charge on any atom is -0.497 e. The Labute approximate surface area is 360 Å². The van der Waals surface area contributed by atoms with Crippen molar-refractivity contribution in [3.05, 3.63) is 180 Å². The number of hydrogen-bond donors (Lipinski definition) is 0. The first-order valence-corrected chi connectivity index (χ1v) is 20.1. The third kappa shape index (κ3) is 5.21. The zero-order valence-electron chi connectivity index (χ0n) is 33.4. The molecule has 0 N–H and O–H groups in total. The second kappa shape index (κ2) is 13.6. The number of imidazole rings is 2. The van der Waals surface area contributed by atoms with E-state index < -0.39 is 0 Å². The fourth-order valence-corrected chi connectivity index (χ4v) is 9.69. The van der Waals surface area contributed by atoms with Gasteiger partial charge in [0.15, 0.2) is 0 Å². The third-order valence-corrected chi connectivity index (χ3v) is 12.2. The summed E-state index contributed by atoms with van der Waals surface area (Å²) in [5.74, 6) is 1.19. The van der Waals surface area contributed by atoms with Gasteiger partial charge in [-0.2, -0.15) is 0 Å². The van der Waals surface area contributed by atoms with Crippen LogP contribution in [0.25, 0.3) is 99.0 Å². The molecule has 0 aliphatic carbocycles.